The smallest absolute Gasteiger partial charge is 0.0687 e. The molecule has 6 aromatic carbocycles. The molecule has 1 aromatic heterocycles. The highest BCUT2D eigenvalue weighted by molar-refractivity contribution is 7.26. The van der Waals surface area contributed by atoms with Gasteiger partial charge < -0.3 is 4.90 Å². The van der Waals surface area contributed by atoms with E-state index in [-0.39, 0.29) is 5.41 Å². The minimum Gasteiger partial charge on any atom is -0.310 e. The van der Waals surface area contributed by atoms with Crippen molar-refractivity contribution in [2.75, 3.05) is 4.90 Å². The highest BCUT2D eigenvalue weighted by Gasteiger charge is 2.51. The first-order valence-corrected chi connectivity index (χ1v) is 16.5. The fraction of sp³-hybridized carbons (Fsp3) is 0.0698. The normalized spacial score (nSPS) is 18.5. The minimum atomic E-state index is -0.351. The summed E-state index contributed by atoms with van der Waals surface area (Å²) in [7, 11) is 0. The van der Waals surface area contributed by atoms with E-state index in [2.05, 4.69) is 175 Å². The molecular weight excluding hydrogens is 563 g/mol. The molecule has 45 heavy (non-hydrogen) atoms. The first-order valence-electron chi connectivity index (χ1n) is 15.7. The van der Waals surface area contributed by atoms with Crippen LogP contribution in [0.2, 0.25) is 0 Å². The van der Waals surface area contributed by atoms with E-state index in [1.54, 1.807) is 0 Å². The van der Waals surface area contributed by atoms with E-state index >= 15 is 0 Å². The van der Waals surface area contributed by atoms with E-state index in [1.165, 1.54) is 48.0 Å². The molecule has 0 N–H and O–H groups in total. The van der Waals surface area contributed by atoms with Gasteiger partial charge in [0.25, 0.3) is 0 Å². The van der Waals surface area contributed by atoms with Crippen LogP contribution in [0.5, 0.6) is 0 Å². The van der Waals surface area contributed by atoms with E-state index < -0.39 is 0 Å². The second kappa shape index (κ2) is 10.5. The molecule has 2 aliphatic carbocycles. The number of hydrogen-bond donors (Lipinski definition) is 0. The summed E-state index contributed by atoms with van der Waals surface area (Å²) in [4.78, 5) is 2.35. The lowest BCUT2D eigenvalue weighted by molar-refractivity contribution is 0.699. The molecule has 0 aliphatic heterocycles. The molecule has 1 nitrogen and oxygen atoms in total. The van der Waals surface area contributed by atoms with Crippen molar-refractivity contribution < 1.29 is 0 Å². The maximum atomic E-state index is 2.41. The molecule has 0 fully saturated rings. The van der Waals surface area contributed by atoms with Crippen LogP contribution in [-0.4, -0.2) is 0 Å². The fourth-order valence-corrected chi connectivity index (χ4v) is 9.20. The van der Waals surface area contributed by atoms with Crippen LogP contribution in [0.25, 0.3) is 20.2 Å². The number of fused-ring (bicyclic) bond motifs is 6. The molecule has 0 saturated heterocycles. The highest BCUT2D eigenvalue weighted by atomic mass is 32.1. The molecule has 0 bridgehead atoms. The highest BCUT2D eigenvalue weighted by Crippen LogP contribution is 2.61. The van der Waals surface area contributed by atoms with Crippen LogP contribution in [0.1, 0.15) is 34.6 Å². The van der Waals surface area contributed by atoms with Crippen LogP contribution in [-0.2, 0) is 5.41 Å². The summed E-state index contributed by atoms with van der Waals surface area (Å²) in [6.07, 6.45) is 8.05. The number of anilines is 3. The zero-order chi connectivity index (χ0) is 29.8. The Balaban J connectivity index is 1.31. The van der Waals surface area contributed by atoms with Crippen molar-refractivity contribution in [2.24, 2.45) is 0 Å². The Hall–Kier alpha value is -5.18. The van der Waals surface area contributed by atoms with Gasteiger partial charge in [-0.05, 0) is 70.6 Å². The third-order valence-corrected chi connectivity index (χ3v) is 10.9. The molecule has 0 amide bonds. The van der Waals surface area contributed by atoms with Gasteiger partial charge in [0.2, 0.25) is 0 Å². The number of para-hydroxylation sites is 2. The van der Waals surface area contributed by atoms with Gasteiger partial charge in [0.05, 0.1) is 5.41 Å². The van der Waals surface area contributed by atoms with E-state index in [4.69, 9.17) is 0 Å². The monoisotopic (exact) mass is 593 g/mol. The number of nitrogens with zero attached hydrogens (tertiary/aromatic N) is 1. The summed E-state index contributed by atoms with van der Waals surface area (Å²) in [5.74, 6) is 0.382. The molecule has 1 heterocycles. The number of thiophene rings is 1. The van der Waals surface area contributed by atoms with Gasteiger partial charge in [0, 0.05) is 43.2 Å². The summed E-state index contributed by atoms with van der Waals surface area (Å²) in [5.41, 5.74) is 10.2. The molecule has 214 valence electrons. The van der Waals surface area contributed by atoms with Gasteiger partial charge in [-0.15, -0.1) is 11.3 Å². The second-order valence-electron chi connectivity index (χ2n) is 12.0. The first kappa shape index (κ1) is 26.2. The van der Waals surface area contributed by atoms with Crippen molar-refractivity contribution in [3.8, 4) is 0 Å². The third-order valence-electron chi connectivity index (χ3n) is 9.71. The molecule has 0 saturated carbocycles. The maximum Gasteiger partial charge on any atom is 0.0687 e. The van der Waals surface area contributed by atoms with E-state index in [9.17, 15) is 0 Å². The van der Waals surface area contributed by atoms with Gasteiger partial charge >= 0.3 is 0 Å². The van der Waals surface area contributed by atoms with Crippen molar-refractivity contribution in [3.05, 3.63) is 198 Å². The third kappa shape index (κ3) is 3.92. The Morgan fingerprint density at radius 2 is 1.24 bits per heavy atom. The zero-order valence-electron chi connectivity index (χ0n) is 24.8. The molecule has 0 spiro atoms. The predicted molar refractivity (Wildman–Crippen MR) is 191 cm³/mol. The molecule has 0 radical (unpaired) electrons. The Labute approximate surface area is 268 Å². The molecule has 7 aromatic rings. The van der Waals surface area contributed by atoms with Crippen molar-refractivity contribution in [2.45, 2.75) is 17.8 Å². The number of rotatable bonds is 5. The number of hydrogen-bond acceptors (Lipinski definition) is 2. The van der Waals surface area contributed by atoms with Crippen molar-refractivity contribution in [3.63, 3.8) is 0 Å². The van der Waals surface area contributed by atoms with Gasteiger partial charge in [0.1, 0.15) is 0 Å². The van der Waals surface area contributed by atoms with Crippen LogP contribution in [0.15, 0.2) is 175 Å². The van der Waals surface area contributed by atoms with Gasteiger partial charge in [-0.25, -0.2) is 0 Å². The molecule has 2 atom stereocenters. The molecule has 2 heteroatoms. The standard InChI is InChI=1S/C43H31NS/c1-4-15-30(16-5-1)43(38-24-12-10-21-34(38)35-22-11-13-25-39(35)43)40-26-14-23-37-36-28-27-33(29-41(36)45-42(37)40)44(31-17-6-2-7-18-31)32-19-8-3-9-20-32/h1-21,23-29,35H,22H2. The molecule has 9 rings (SSSR count). The number of allylic oxidation sites excluding steroid dienone is 4. The zero-order valence-corrected chi connectivity index (χ0v) is 25.6. The van der Waals surface area contributed by atoms with Crippen LogP contribution in [0, 0.1) is 0 Å². The lowest BCUT2D eigenvalue weighted by atomic mass is 9.66. The first-order chi connectivity index (χ1) is 22.3. The van der Waals surface area contributed by atoms with Crippen molar-refractivity contribution in [1.82, 2.24) is 0 Å². The summed E-state index contributed by atoms with van der Waals surface area (Å²) in [6.45, 7) is 0. The van der Waals surface area contributed by atoms with Crippen molar-refractivity contribution >= 4 is 48.6 Å². The Morgan fingerprint density at radius 1 is 0.578 bits per heavy atom. The fourth-order valence-electron chi connectivity index (χ4n) is 7.90. The lowest BCUT2D eigenvalue weighted by Crippen LogP contribution is -2.29. The summed E-state index contributed by atoms with van der Waals surface area (Å²) < 4.78 is 2.67. The van der Waals surface area contributed by atoms with Gasteiger partial charge in [0.15, 0.2) is 0 Å². The van der Waals surface area contributed by atoms with Crippen molar-refractivity contribution in [1.29, 1.82) is 0 Å². The molecule has 2 aliphatic rings. The van der Waals surface area contributed by atoms with E-state index in [0.717, 1.165) is 23.5 Å². The topological polar surface area (TPSA) is 3.24 Å². The lowest BCUT2D eigenvalue weighted by Gasteiger charge is -2.36. The predicted octanol–water partition coefficient (Wildman–Crippen LogP) is 11.8. The van der Waals surface area contributed by atoms with Gasteiger partial charge in [-0.2, -0.15) is 0 Å². The summed E-state index contributed by atoms with van der Waals surface area (Å²) in [5, 5.41) is 2.64. The average Bonchev–Trinajstić information content (AvgIpc) is 3.64. The largest absolute Gasteiger partial charge is 0.310 e. The second-order valence-corrected chi connectivity index (χ2v) is 13.1. The maximum absolute atomic E-state index is 2.41. The van der Waals surface area contributed by atoms with Crippen LogP contribution < -0.4 is 4.90 Å². The minimum absolute atomic E-state index is 0.351. The molecule has 2 unspecified atom stereocenters. The van der Waals surface area contributed by atoms with E-state index in [1.807, 2.05) is 11.3 Å². The van der Waals surface area contributed by atoms with Crippen LogP contribution in [0.3, 0.4) is 0 Å². The summed E-state index contributed by atoms with van der Waals surface area (Å²) in [6, 6.07) is 55.7. The van der Waals surface area contributed by atoms with Gasteiger partial charge in [-0.3, -0.25) is 0 Å². The van der Waals surface area contributed by atoms with Gasteiger partial charge in [-0.1, -0.05) is 133 Å². The Morgan fingerprint density at radius 3 is 2.00 bits per heavy atom. The Kier molecular flexibility index (Phi) is 6.11. The van der Waals surface area contributed by atoms with Crippen LogP contribution >= 0.6 is 11.3 Å². The molecular formula is C43H31NS. The van der Waals surface area contributed by atoms with E-state index in [0.29, 0.717) is 5.92 Å². The Bertz CT molecular complexity index is 2200. The summed E-state index contributed by atoms with van der Waals surface area (Å²) >= 11 is 1.93. The average molecular weight is 594 g/mol. The SMILES string of the molecule is C1=CCC2C(=C1)C(c1ccccc1)(c1cccc3c1sc1cc(N(c4ccccc4)c4ccccc4)ccc13)c1ccccc12. The number of benzene rings is 6. The van der Waals surface area contributed by atoms with Crippen LogP contribution in [0.4, 0.5) is 17.1 Å². The quantitative estimate of drug-likeness (QED) is 0.192.